The zero-order valence-electron chi connectivity index (χ0n) is 14.9. The van der Waals surface area contributed by atoms with E-state index in [-0.39, 0.29) is 10.6 Å². The van der Waals surface area contributed by atoms with Gasteiger partial charge >= 0.3 is 0 Å². The van der Waals surface area contributed by atoms with E-state index in [2.05, 4.69) is 37.6 Å². The Balaban J connectivity index is 2.55. The highest BCUT2D eigenvalue weighted by Gasteiger charge is 2.11. The van der Waals surface area contributed by atoms with Crippen LogP contribution in [0.5, 0.6) is 0 Å². The lowest BCUT2D eigenvalue weighted by atomic mass is 10.1. The highest BCUT2D eigenvalue weighted by molar-refractivity contribution is 7.07. The van der Waals surface area contributed by atoms with Gasteiger partial charge in [0.1, 0.15) is 0 Å². The Kier molecular flexibility index (Phi) is 5.94. The first-order chi connectivity index (χ1) is 11.3. The van der Waals surface area contributed by atoms with Crippen molar-refractivity contribution in [2.45, 2.75) is 47.6 Å². The average molecular weight is 347 g/mol. The van der Waals surface area contributed by atoms with E-state index in [1.807, 2.05) is 6.92 Å². The van der Waals surface area contributed by atoms with Crippen LogP contribution < -0.4 is 4.80 Å². The molecule has 2 aromatic rings. The summed E-state index contributed by atoms with van der Waals surface area (Å²) in [5.41, 5.74) is 2.97. The minimum absolute atomic E-state index is 0.0775. The summed E-state index contributed by atoms with van der Waals surface area (Å²) in [7, 11) is 0. The molecule has 0 bridgehead atoms. The van der Waals surface area contributed by atoms with Crippen LogP contribution in [0.15, 0.2) is 28.6 Å². The van der Waals surface area contributed by atoms with Crippen LogP contribution in [0.25, 0.3) is 0 Å². The number of nitro benzene ring substituents is 1. The van der Waals surface area contributed by atoms with Crippen LogP contribution in [0.4, 0.5) is 11.4 Å². The predicted octanol–water partition coefficient (Wildman–Crippen LogP) is 4.85. The molecule has 0 unspecified atom stereocenters. The normalized spacial score (nSPS) is 12.4. The van der Waals surface area contributed by atoms with Crippen LogP contribution in [-0.2, 0) is 13.0 Å². The molecule has 1 aromatic carbocycles. The van der Waals surface area contributed by atoms with Crippen LogP contribution >= 0.6 is 11.3 Å². The predicted molar refractivity (Wildman–Crippen MR) is 98.7 cm³/mol. The lowest BCUT2D eigenvalue weighted by Crippen LogP contribution is -2.21. The molecule has 0 amide bonds. The molecule has 0 saturated carbocycles. The van der Waals surface area contributed by atoms with Gasteiger partial charge in [-0.1, -0.05) is 33.8 Å². The second-order valence-electron chi connectivity index (χ2n) is 6.95. The maximum Gasteiger partial charge on any atom is 0.271 e. The average Bonchev–Trinajstić information content (AvgIpc) is 2.82. The fourth-order valence-corrected chi connectivity index (χ4v) is 3.46. The summed E-state index contributed by atoms with van der Waals surface area (Å²) >= 11 is 1.60. The minimum Gasteiger partial charge on any atom is -0.321 e. The Morgan fingerprint density at radius 1 is 1.25 bits per heavy atom. The molecule has 0 radical (unpaired) electrons. The Morgan fingerprint density at radius 2 is 1.96 bits per heavy atom. The van der Waals surface area contributed by atoms with Crippen molar-refractivity contribution >= 4 is 22.7 Å². The summed E-state index contributed by atoms with van der Waals surface area (Å²) in [5.74, 6) is 1.08. The SMILES string of the molecule is Cc1ccc([N+](=O)[O-])cc1N=c1scc(CC(C)C)n1CC(C)C. The minimum atomic E-state index is -0.376. The lowest BCUT2D eigenvalue weighted by Gasteiger charge is -2.13. The molecule has 0 fully saturated rings. The van der Waals surface area contributed by atoms with Crippen molar-refractivity contribution in [2.75, 3.05) is 0 Å². The molecule has 2 rings (SSSR count). The van der Waals surface area contributed by atoms with Crippen LogP contribution in [-0.4, -0.2) is 9.49 Å². The molecule has 0 saturated heterocycles. The zero-order valence-corrected chi connectivity index (χ0v) is 15.8. The highest BCUT2D eigenvalue weighted by Crippen LogP contribution is 2.24. The van der Waals surface area contributed by atoms with E-state index in [4.69, 9.17) is 4.99 Å². The molecule has 0 aliphatic rings. The molecule has 24 heavy (non-hydrogen) atoms. The maximum absolute atomic E-state index is 11.0. The number of aryl methyl sites for hydroxylation is 1. The van der Waals surface area contributed by atoms with Gasteiger partial charge < -0.3 is 4.57 Å². The largest absolute Gasteiger partial charge is 0.321 e. The van der Waals surface area contributed by atoms with Crippen LogP contribution in [0.1, 0.15) is 39.0 Å². The van der Waals surface area contributed by atoms with E-state index in [1.54, 1.807) is 23.5 Å². The summed E-state index contributed by atoms with van der Waals surface area (Å²) < 4.78 is 2.26. The Morgan fingerprint density at radius 3 is 2.54 bits per heavy atom. The number of benzene rings is 1. The number of hydrogen-bond donors (Lipinski definition) is 0. The Bertz CT molecular complexity index is 788. The fourth-order valence-electron chi connectivity index (χ4n) is 2.53. The summed E-state index contributed by atoms with van der Waals surface area (Å²) in [6.45, 7) is 11.6. The number of nitro groups is 1. The molecular formula is C18H25N3O2S. The molecule has 0 aliphatic heterocycles. The number of nitrogens with zero attached hydrogens (tertiary/aromatic N) is 3. The number of hydrogen-bond acceptors (Lipinski definition) is 4. The van der Waals surface area contributed by atoms with Gasteiger partial charge in [-0.2, -0.15) is 0 Å². The second-order valence-corrected chi connectivity index (χ2v) is 7.79. The first-order valence-electron chi connectivity index (χ1n) is 8.25. The summed E-state index contributed by atoms with van der Waals surface area (Å²) in [4.78, 5) is 16.3. The lowest BCUT2D eigenvalue weighted by molar-refractivity contribution is -0.384. The van der Waals surface area contributed by atoms with Crippen molar-refractivity contribution in [1.82, 2.24) is 4.57 Å². The fraction of sp³-hybridized carbons (Fsp3) is 0.500. The van der Waals surface area contributed by atoms with Gasteiger partial charge in [0.2, 0.25) is 0 Å². The van der Waals surface area contributed by atoms with Crippen molar-refractivity contribution in [3.63, 3.8) is 0 Å². The Hall–Kier alpha value is -1.95. The van der Waals surface area contributed by atoms with E-state index >= 15 is 0 Å². The van der Waals surface area contributed by atoms with Gasteiger partial charge in [0.05, 0.1) is 10.6 Å². The van der Waals surface area contributed by atoms with Crippen molar-refractivity contribution in [3.05, 3.63) is 49.8 Å². The number of non-ortho nitro benzene ring substituents is 1. The zero-order chi connectivity index (χ0) is 17.9. The summed E-state index contributed by atoms with van der Waals surface area (Å²) in [6, 6.07) is 4.83. The summed E-state index contributed by atoms with van der Waals surface area (Å²) in [6.07, 6.45) is 1.01. The first-order valence-corrected chi connectivity index (χ1v) is 9.13. The number of thiazole rings is 1. The molecule has 0 N–H and O–H groups in total. The molecule has 0 atom stereocenters. The van der Waals surface area contributed by atoms with Crippen molar-refractivity contribution in [1.29, 1.82) is 0 Å². The molecule has 0 spiro atoms. The van der Waals surface area contributed by atoms with E-state index in [0.717, 1.165) is 23.3 Å². The molecule has 1 aromatic heterocycles. The third-order valence-electron chi connectivity index (χ3n) is 3.66. The molecule has 130 valence electrons. The number of aromatic nitrogens is 1. The second kappa shape index (κ2) is 7.75. The van der Waals surface area contributed by atoms with E-state index in [1.165, 1.54) is 11.8 Å². The van der Waals surface area contributed by atoms with Gasteiger partial charge in [-0.05, 0) is 30.7 Å². The molecule has 1 heterocycles. The third kappa shape index (κ3) is 4.54. The van der Waals surface area contributed by atoms with Crippen LogP contribution in [0.2, 0.25) is 0 Å². The molecule has 6 heteroatoms. The van der Waals surface area contributed by atoms with Gasteiger partial charge in [0.15, 0.2) is 4.80 Å². The highest BCUT2D eigenvalue weighted by atomic mass is 32.1. The first kappa shape index (κ1) is 18.4. The molecular weight excluding hydrogens is 322 g/mol. The van der Waals surface area contributed by atoms with Gasteiger partial charge in [-0.15, -0.1) is 11.3 Å². The van der Waals surface area contributed by atoms with Gasteiger partial charge in [-0.25, -0.2) is 4.99 Å². The molecule has 0 aliphatic carbocycles. The monoisotopic (exact) mass is 347 g/mol. The van der Waals surface area contributed by atoms with Crippen molar-refractivity contribution < 1.29 is 4.92 Å². The Labute approximate surface area is 146 Å². The quantitative estimate of drug-likeness (QED) is 0.554. The maximum atomic E-state index is 11.0. The van der Waals surface area contributed by atoms with Crippen LogP contribution in [0.3, 0.4) is 0 Å². The van der Waals surface area contributed by atoms with E-state index in [0.29, 0.717) is 17.5 Å². The van der Waals surface area contributed by atoms with E-state index < -0.39 is 0 Å². The third-order valence-corrected chi connectivity index (χ3v) is 4.58. The topological polar surface area (TPSA) is 60.4 Å². The summed E-state index contributed by atoms with van der Waals surface area (Å²) in [5, 5.41) is 13.2. The van der Waals surface area contributed by atoms with Gasteiger partial charge in [-0.3, -0.25) is 10.1 Å². The smallest absolute Gasteiger partial charge is 0.271 e. The van der Waals surface area contributed by atoms with Crippen molar-refractivity contribution in [3.8, 4) is 0 Å². The van der Waals surface area contributed by atoms with Gasteiger partial charge in [0.25, 0.3) is 5.69 Å². The number of rotatable bonds is 6. The standard InChI is InChI=1S/C18H25N3O2S/c1-12(2)8-16-11-24-18(20(16)10-13(3)4)19-17-9-15(21(22)23)7-6-14(17)5/h6-7,9,11-13H,8,10H2,1-5H3. The van der Waals surface area contributed by atoms with E-state index in [9.17, 15) is 10.1 Å². The van der Waals surface area contributed by atoms with Gasteiger partial charge in [0, 0.05) is 29.8 Å². The van der Waals surface area contributed by atoms with Crippen LogP contribution in [0, 0.1) is 28.9 Å². The van der Waals surface area contributed by atoms with Crippen molar-refractivity contribution in [2.24, 2.45) is 16.8 Å². The molecule has 5 nitrogen and oxygen atoms in total.